The molecule has 0 amide bonds. The molecule has 1 rings (SSSR count). The molecular formula is C11H21NO3. The number of piperidine rings is 1. The van der Waals surface area contributed by atoms with E-state index in [-0.39, 0.29) is 18.9 Å². The first-order valence-corrected chi connectivity index (χ1v) is 5.66. The minimum Gasteiger partial charge on any atom is -0.481 e. The molecule has 1 aliphatic rings. The van der Waals surface area contributed by atoms with Gasteiger partial charge in [-0.3, -0.25) is 4.79 Å². The summed E-state index contributed by atoms with van der Waals surface area (Å²) >= 11 is 0. The van der Waals surface area contributed by atoms with Gasteiger partial charge in [0.05, 0.1) is 0 Å². The maximum absolute atomic E-state index is 10.6. The molecule has 0 spiro atoms. The van der Waals surface area contributed by atoms with Crippen molar-refractivity contribution in [1.29, 1.82) is 0 Å². The zero-order valence-corrected chi connectivity index (χ0v) is 9.35. The molecular weight excluding hydrogens is 194 g/mol. The van der Waals surface area contributed by atoms with Crippen molar-refractivity contribution in [3.63, 3.8) is 0 Å². The number of aliphatic carboxylic acids is 1. The Morgan fingerprint density at radius 2 is 2.33 bits per heavy atom. The van der Waals surface area contributed by atoms with E-state index in [9.17, 15) is 4.79 Å². The molecule has 0 radical (unpaired) electrons. The van der Waals surface area contributed by atoms with Gasteiger partial charge in [-0.15, -0.1) is 0 Å². The number of carboxylic acid groups (broad SMARTS) is 1. The summed E-state index contributed by atoms with van der Waals surface area (Å²) in [5.74, 6) is -0.118. The van der Waals surface area contributed by atoms with Gasteiger partial charge in [0.25, 0.3) is 0 Å². The monoisotopic (exact) mass is 215 g/mol. The highest BCUT2D eigenvalue weighted by molar-refractivity contribution is 5.67. The van der Waals surface area contributed by atoms with E-state index in [1.165, 1.54) is 0 Å². The van der Waals surface area contributed by atoms with Crippen LogP contribution in [0.25, 0.3) is 0 Å². The summed E-state index contributed by atoms with van der Waals surface area (Å²) < 4.78 is 0. The van der Waals surface area contributed by atoms with Crippen LogP contribution in [-0.2, 0) is 4.79 Å². The Morgan fingerprint density at radius 1 is 1.60 bits per heavy atom. The molecule has 0 aliphatic carbocycles. The van der Waals surface area contributed by atoms with E-state index in [1.807, 2.05) is 6.92 Å². The average molecular weight is 215 g/mol. The highest BCUT2D eigenvalue weighted by atomic mass is 16.4. The number of rotatable bonds is 5. The van der Waals surface area contributed by atoms with Crippen LogP contribution < -0.4 is 0 Å². The number of aliphatic hydroxyl groups is 1. The molecule has 2 unspecified atom stereocenters. The van der Waals surface area contributed by atoms with Crippen molar-refractivity contribution in [3.8, 4) is 0 Å². The van der Waals surface area contributed by atoms with Crippen LogP contribution >= 0.6 is 0 Å². The van der Waals surface area contributed by atoms with Gasteiger partial charge in [0.1, 0.15) is 0 Å². The number of aliphatic hydroxyl groups excluding tert-OH is 1. The summed E-state index contributed by atoms with van der Waals surface area (Å²) in [6, 6.07) is 0. The van der Waals surface area contributed by atoms with Crippen molar-refractivity contribution >= 4 is 5.97 Å². The van der Waals surface area contributed by atoms with E-state index in [0.29, 0.717) is 5.92 Å². The Bertz CT molecular complexity index is 208. The van der Waals surface area contributed by atoms with E-state index >= 15 is 0 Å². The number of likely N-dealkylation sites (tertiary alicyclic amines) is 1. The van der Waals surface area contributed by atoms with Gasteiger partial charge in [0, 0.05) is 26.1 Å². The van der Waals surface area contributed by atoms with Crippen molar-refractivity contribution in [1.82, 2.24) is 4.90 Å². The number of hydrogen-bond donors (Lipinski definition) is 2. The third kappa shape index (κ3) is 4.62. The molecule has 2 N–H and O–H groups in total. The first-order chi connectivity index (χ1) is 7.11. The summed E-state index contributed by atoms with van der Waals surface area (Å²) in [5, 5.41) is 17.7. The number of carboxylic acids is 1. The second-order valence-corrected chi connectivity index (χ2v) is 4.65. The smallest absolute Gasteiger partial charge is 0.303 e. The molecule has 0 saturated carbocycles. The molecule has 15 heavy (non-hydrogen) atoms. The molecule has 1 aliphatic heterocycles. The van der Waals surface area contributed by atoms with Crippen molar-refractivity contribution in [3.05, 3.63) is 0 Å². The van der Waals surface area contributed by atoms with Gasteiger partial charge in [-0.2, -0.15) is 0 Å². The van der Waals surface area contributed by atoms with Crippen molar-refractivity contribution in [2.75, 3.05) is 26.2 Å². The topological polar surface area (TPSA) is 60.8 Å². The van der Waals surface area contributed by atoms with Gasteiger partial charge in [0.15, 0.2) is 0 Å². The zero-order valence-electron chi connectivity index (χ0n) is 9.35. The summed E-state index contributed by atoms with van der Waals surface area (Å²) in [6.07, 6.45) is 2.39. The SMILES string of the molecule is CC(CO)CN1CCCC(CC(=O)O)C1. The molecule has 1 fully saturated rings. The van der Waals surface area contributed by atoms with Crippen LogP contribution in [0, 0.1) is 11.8 Å². The predicted molar refractivity (Wildman–Crippen MR) is 57.7 cm³/mol. The fraction of sp³-hybridized carbons (Fsp3) is 0.909. The molecule has 0 aromatic carbocycles. The lowest BCUT2D eigenvalue weighted by atomic mass is 9.94. The van der Waals surface area contributed by atoms with Gasteiger partial charge in [0.2, 0.25) is 0 Å². The predicted octanol–water partition coefficient (Wildman–Crippen LogP) is 0.802. The highest BCUT2D eigenvalue weighted by Gasteiger charge is 2.22. The molecule has 0 aromatic heterocycles. The van der Waals surface area contributed by atoms with Crippen LogP contribution in [0.4, 0.5) is 0 Å². The maximum atomic E-state index is 10.6. The fourth-order valence-corrected chi connectivity index (χ4v) is 2.23. The molecule has 88 valence electrons. The molecule has 4 nitrogen and oxygen atoms in total. The molecule has 4 heteroatoms. The second-order valence-electron chi connectivity index (χ2n) is 4.65. The van der Waals surface area contributed by atoms with E-state index in [0.717, 1.165) is 32.5 Å². The maximum Gasteiger partial charge on any atom is 0.303 e. The van der Waals surface area contributed by atoms with E-state index in [1.54, 1.807) is 0 Å². The third-order valence-corrected chi connectivity index (χ3v) is 2.95. The minimum absolute atomic E-state index is 0.208. The summed E-state index contributed by atoms with van der Waals surface area (Å²) in [4.78, 5) is 12.9. The fourth-order valence-electron chi connectivity index (χ4n) is 2.23. The molecule has 1 saturated heterocycles. The minimum atomic E-state index is -0.697. The largest absolute Gasteiger partial charge is 0.481 e. The number of carbonyl (C=O) groups is 1. The van der Waals surface area contributed by atoms with E-state index in [4.69, 9.17) is 10.2 Å². The lowest BCUT2D eigenvalue weighted by molar-refractivity contribution is -0.138. The van der Waals surface area contributed by atoms with Gasteiger partial charge in [-0.05, 0) is 31.2 Å². The number of hydrogen-bond acceptors (Lipinski definition) is 3. The normalized spacial score (nSPS) is 25.1. The molecule has 0 bridgehead atoms. The van der Waals surface area contributed by atoms with E-state index < -0.39 is 5.97 Å². The van der Waals surface area contributed by atoms with Crippen LogP contribution in [0.2, 0.25) is 0 Å². The van der Waals surface area contributed by atoms with Gasteiger partial charge in [-0.25, -0.2) is 0 Å². The Kier molecular flexibility index (Phi) is 5.05. The lowest BCUT2D eigenvalue weighted by Gasteiger charge is -2.33. The van der Waals surface area contributed by atoms with Crippen LogP contribution in [0.5, 0.6) is 0 Å². The van der Waals surface area contributed by atoms with Crippen molar-refractivity contribution < 1.29 is 15.0 Å². The second kappa shape index (κ2) is 6.08. The first-order valence-electron chi connectivity index (χ1n) is 5.66. The molecule has 1 heterocycles. The average Bonchev–Trinajstić information content (AvgIpc) is 2.17. The first kappa shape index (κ1) is 12.5. The van der Waals surface area contributed by atoms with Gasteiger partial charge < -0.3 is 15.1 Å². The van der Waals surface area contributed by atoms with Gasteiger partial charge >= 0.3 is 5.97 Å². The molecule has 2 atom stereocenters. The zero-order chi connectivity index (χ0) is 11.3. The van der Waals surface area contributed by atoms with Crippen LogP contribution in [0.1, 0.15) is 26.2 Å². The Morgan fingerprint density at radius 3 is 2.93 bits per heavy atom. The highest BCUT2D eigenvalue weighted by Crippen LogP contribution is 2.20. The molecule has 0 aromatic rings. The standard InChI is InChI=1S/C11H21NO3/c1-9(8-13)6-12-4-2-3-10(7-12)5-11(14)15/h9-10,13H,2-8H2,1H3,(H,14,15). The van der Waals surface area contributed by atoms with Crippen LogP contribution in [0.3, 0.4) is 0 Å². The van der Waals surface area contributed by atoms with Crippen molar-refractivity contribution in [2.45, 2.75) is 26.2 Å². The van der Waals surface area contributed by atoms with Crippen molar-refractivity contribution in [2.24, 2.45) is 11.8 Å². The van der Waals surface area contributed by atoms with Crippen LogP contribution in [0.15, 0.2) is 0 Å². The number of nitrogens with zero attached hydrogens (tertiary/aromatic N) is 1. The summed E-state index contributed by atoms with van der Waals surface area (Å²) in [6.45, 7) is 5.02. The van der Waals surface area contributed by atoms with Crippen LogP contribution in [-0.4, -0.2) is 47.3 Å². The third-order valence-electron chi connectivity index (χ3n) is 2.95. The Hall–Kier alpha value is -0.610. The Labute approximate surface area is 90.9 Å². The van der Waals surface area contributed by atoms with Gasteiger partial charge in [-0.1, -0.05) is 6.92 Å². The quantitative estimate of drug-likeness (QED) is 0.712. The lowest BCUT2D eigenvalue weighted by Crippen LogP contribution is -2.39. The summed E-state index contributed by atoms with van der Waals surface area (Å²) in [7, 11) is 0. The Balaban J connectivity index is 2.31. The van der Waals surface area contributed by atoms with E-state index in [2.05, 4.69) is 4.90 Å². The summed E-state index contributed by atoms with van der Waals surface area (Å²) in [5.41, 5.74) is 0.